The number of carbonyl (C=O) groups excluding carboxylic acids is 1. The maximum absolute atomic E-state index is 13.6. The van der Waals surface area contributed by atoms with Crippen LogP contribution < -0.4 is 0 Å². The molecule has 1 rings (SSSR count). The van der Waals surface area contributed by atoms with E-state index in [2.05, 4.69) is 4.74 Å². The molecule has 0 aliphatic carbocycles. The zero-order chi connectivity index (χ0) is 13.7. The number of esters is 1. The van der Waals surface area contributed by atoms with E-state index in [-0.39, 0.29) is 5.56 Å². The Morgan fingerprint density at radius 1 is 1.44 bits per heavy atom. The fourth-order valence-corrected chi connectivity index (χ4v) is 2.95. The van der Waals surface area contributed by atoms with Crippen molar-refractivity contribution in [1.29, 1.82) is 0 Å². The maximum atomic E-state index is 13.6. The average molecular weight is 272 g/mol. The van der Waals surface area contributed by atoms with Gasteiger partial charge in [0.1, 0.15) is 5.82 Å². The molecule has 1 aromatic carbocycles. The standard InChI is InChI=1S/C13H17FO3S/c1-9(2)7-18(16)8-10-4-5-11(12(14)6-10)13(15)17-3/h4-6,9H,7-8H2,1-3H3. The highest BCUT2D eigenvalue weighted by Crippen LogP contribution is 2.14. The minimum Gasteiger partial charge on any atom is -0.465 e. The molecule has 0 bridgehead atoms. The first-order valence-corrected chi connectivity index (χ1v) is 7.14. The van der Waals surface area contributed by atoms with Gasteiger partial charge >= 0.3 is 5.97 Å². The molecule has 0 fully saturated rings. The van der Waals surface area contributed by atoms with E-state index in [0.29, 0.717) is 23.0 Å². The van der Waals surface area contributed by atoms with Gasteiger partial charge in [-0.15, -0.1) is 0 Å². The number of methoxy groups -OCH3 is 1. The number of rotatable bonds is 5. The zero-order valence-corrected chi connectivity index (χ0v) is 11.6. The highest BCUT2D eigenvalue weighted by atomic mass is 32.2. The van der Waals surface area contributed by atoms with Gasteiger partial charge in [0.2, 0.25) is 0 Å². The van der Waals surface area contributed by atoms with Gasteiger partial charge in [0.15, 0.2) is 0 Å². The van der Waals surface area contributed by atoms with Crippen molar-refractivity contribution in [2.75, 3.05) is 12.9 Å². The molecule has 1 unspecified atom stereocenters. The van der Waals surface area contributed by atoms with Crippen molar-refractivity contribution >= 4 is 16.8 Å². The smallest absolute Gasteiger partial charge is 0.340 e. The topological polar surface area (TPSA) is 43.4 Å². The molecule has 0 radical (unpaired) electrons. The Balaban J connectivity index is 2.79. The Kier molecular flexibility index (Phi) is 5.47. The summed E-state index contributed by atoms with van der Waals surface area (Å²) in [6, 6.07) is 4.21. The van der Waals surface area contributed by atoms with E-state index < -0.39 is 22.6 Å². The van der Waals surface area contributed by atoms with Crippen molar-refractivity contribution in [1.82, 2.24) is 0 Å². The number of ether oxygens (including phenoxy) is 1. The third kappa shape index (κ3) is 4.22. The summed E-state index contributed by atoms with van der Waals surface area (Å²) in [5.41, 5.74) is 0.523. The summed E-state index contributed by atoms with van der Waals surface area (Å²) in [6.45, 7) is 3.97. The summed E-state index contributed by atoms with van der Waals surface area (Å²) in [6.07, 6.45) is 0. The monoisotopic (exact) mass is 272 g/mol. The third-order valence-corrected chi connectivity index (χ3v) is 3.98. The second kappa shape index (κ2) is 6.64. The van der Waals surface area contributed by atoms with Crippen LogP contribution >= 0.6 is 0 Å². The first kappa shape index (κ1) is 14.8. The quantitative estimate of drug-likeness (QED) is 0.774. The molecular formula is C13H17FO3S. The lowest BCUT2D eigenvalue weighted by Gasteiger charge is -2.07. The van der Waals surface area contributed by atoms with Crippen molar-refractivity contribution in [2.24, 2.45) is 5.92 Å². The van der Waals surface area contributed by atoms with Gasteiger partial charge in [-0.3, -0.25) is 4.21 Å². The fraction of sp³-hybridized carbons (Fsp3) is 0.462. The molecule has 0 aliphatic rings. The lowest BCUT2D eigenvalue weighted by molar-refractivity contribution is 0.0595. The first-order chi connectivity index (χ1) is 8.43. The molecule has 18 heavy (non-hydrogen) atoms. The maximum Gasteiger partial charge on any atom is 0.340 e. The van der Waals surface area contributed by atoms with Crippen molar-refractivity contribution in [3.05, 3.63) is 35.1 Å². The van der Waals surface area contributed by atoms with Crippen LogP contribution in [0.5, 0.6) is 0 Å². The molecular weight excluding hydrogens is 255 g/mol. The first-order valence-electron chi connectivity index (χ1n) is 5.65. The van der Waals surface area contributed by atoms with Gasteiger partial charge in [-0.2, -0.15) is 0 Å². The molecule has 0 saturated heterocycles. The van der Waals surface area contributed by atoms with Crippen LogP contribution in [0.25, 0.3) is 0 Å². The van der Waals surface area contributed by atoms with Crippen LogP contribution in [-0.4, -0.2) is 23.0 Å². The predicted octanol–water partition coefficient (Wildman–Crippen LogP) is 2.52. The molecule has 0 amide bonds. The van der Waals surface area contributed by atoms with Crippen LogP contribution in [0.3, 0.4) is 0 Å². The van der Waals surface area contributed by atoms with Crippen LogP contribution in [-0.2, 0) is 21.3 Å². The number of hydrogen-bond acceptors (Lipinski definition) is 3. The number of halogens is 1. The summed E-state index contributed by atoms with van der Waals surface area (Å²) in [5, 5.41) is 0. The van der Waals surface area contributed by atoms with Gasteiger partial charge in [0.05, 0.1) is 12.7 Å². The minimum absolute atomic E-state index is 0.101. The van der Waals surface area contributed by atoms with Crippen LogP contribution in [0.2, 0.25) is 0 Å². The largest absolute Gasteiger partial charge is 0.465 e. The molecule has 3 nitrogen and oxygen atoms in total. The lowest BCUT2D eigenvalue weighted by Crippen LogP contribution is -2.08. The molecule has 0 aliphatic heterocycles. The molecule has 0 N–H and O–H groups in total. The summed E-state index contributed by atoms with van der Waals surface area (Å²) in [7, 11) is 0.190. The van der Waals surface area contributed by atoms with Gasteiger partial charge < -0.3 is 4.74 Å². The zero-order valence-electron chi connectivity index (χ0n) is 10.7. The second-order valence-corrected chi connectivity index (χ2v) is 5.95. The van der Waals surface area contributed by atoms with Gasteiger partial charge in [-0.1, -0.05) is 19.9 Å². The number of benzene rings is 1. The van der Waals surface area contributed by atoms with E-state index in [0.717, 1.165) is 0 Å². The van der Waals surface area contributed by atoms with Crippen LogP contribution in [0, 0.1) is 11.7 Å². The summed E-state index contributed by atoms with van der Waals surface area (Å²) in [5.74, 6) is -0.120. The van der Waals surface area contributed by atoms with Crippen LogP contribution in [0.4, 0.5) is 4.39 Å². The van der Waals surface area contributed by atoms with Gasteiger partial charge in [0, 0.05) is 22.3 Å². The minimum atomic E-state index is -1.01. The van der Waals surface area contributed by atoms with E-state index in [9.17, 15) is 13.4 Å². The molecule has 1 atom stereocenters. The Hall–Kier alpha value is -1.23. The SMILES string of the molecule is COC(=O)c1ccc(CS(=O)CC(C)C)cc1F. The van der Waals surface area contributed by atoms with Gasteiger partial charge in [-0.25, -0.2) is 9.18 Å². The van der Waals surface area contributed by atoms with Crippen molar-refractivity contribution in [3.63, 3.8) is 0 Å². The van der Waals surface area contributed by atoms with Crippen LogP contribution in [0.1, 0.15) is 29.8 Å². The molecule has 0 aromatic heterocycles. The summed E-state index contributed by atoms with van der Waals surface area (Å²) >= 11 is 0. The second-order valence-electron chi connectivity index (χ2n) is 4.45. The molecule has 5 heteroatoms. The Labute approximate surface area is 109 Å². The van der Waals surface area contributed by atoms with E-state index in [4.69, 9.17) is 0 Å². The lowest BCUT2D eigenvalue weighted by atomic mass is 10.1. The van der Waals surface area contributed by atoms with Gasteiger partial charge in [-0.05, 0) is 23.6 Å². The highest BCUT2D eigenvalue weighted by Gasteiger charge is 2.13. The fourth-order valence-electron chi connectivity index (χ4n) is 1.54. The molecule has 0 heterocycles. The Morgan fingerprint density at radius 2 is 2.11 bits per heavy atom. The predicted molar refractivity (Wildman–Crippen MR) is 69.3 cm³/mol. The van der Waals surface area contributed by atoms with E-state index >= 15 is 0 Å². The molecule has 1 aromatic rings. The normalized spacial score (nSPS) is 12.5. The average Bonchev–Trinajstić information content (AvgIpc) is 2.27. The van der Waals surface area contributed by atoms with E-state index in [1.54, 1.807) is 6.07 Å². The van der Waals surface area contributed by atoms with Crippen molar-refractivity contribution < 1.29 is 18.1 Å². The summed E-state index contributed by atoms with van der Waals surface area (Å²) in [4.78, 5) is 11.2. The van der Waals surface area contributed by atoms with E-state index in [1.165, 1.54) is 19.2 Å². The van der Waals surface area contributed by atoms with E-state index in [1.807, 2.05) is 13.8 Å². The number of hydrogen-bond donors (Lipinski definition) is 0. The van der Waals surface area contributed by atoms with Crippen molar-refractivity contribution in [2.45, 2.75) is 19.6 Å². The van der Waals surface area contributed by atoms with Gasteiger partial charge in [0.25, 0.3) is 0 Å². The molecule has 0 spiro atoms. The molecule has 0 saturated carbocycles. The van der Waals surface area contributed by atoms with Crippen molar-refractivity contribution in [3.8, 4) is 0 Å². The molecule has 100 valence electrons. The third-order valence-electron chi connectivity index (χ3n) is 2.29. The number of carbonyl (C=O) groups is 1. The highest BCUT2D eigenvalue weighted by molar-refractivity contribution is 7.84. The summed E-state index contributed by atoms with van der Waals surface area (Å²) < 4.78 is 29.8. The van der Waals surface area contributed by atoms with Crippen LogP contribution in [0.15, 0.2) is 18.2 Å². The Morgan fingerprint density at radius 3 is 2.61 bits per heavy atom. The Bertz CT molecular complexity index is 458.